The van der Waals surface area contributed by atoms with Gasteiger partial charge >= 0.3 is 0 Å². The van der Waals surface area contributed by atoms with Crippen LogP contribution in [0.1, 0.15) is 129 Å². The second-order valence-corrected chi connectivity index (χ2v) is 19.8. The van der Waals surface area contributed by atoms with Crippen molar-refractivity contribution in [1.82, 2.24) is 0 Å². The summed E-state index contributed by atoms with van der Waals surface area (Å²) in [6, 6.07) is 31.1. The molecule has 0 bridgehead atoms. The van der Waals surface area contributed by atoms with E-state index >= 15 is 0 Å². The van der Waals surface area contributed by atoms with Crippen molar-refractivity contribution < 1.29 is 10.2 Å². The van der Waals surface area contributed by atoms with Crippen LogP contribution in [0.25, 0.3) is 59.8 Å². The van der Waals surface area contributed by atoms with Crippen LogP contribution < -0.4 is 0 Å². The third-order valence-corrected chi connectivity index (χ3v) is 16.2. The average molecular weight is 813 g/mol. The van der Waals surface area contributed by atoms with Crippen LogP contribution in [0.3, 0.4) is 0 Å². The fourth-order valence-corrected chi connectivity index (χ4v) is 12.8. The SMILES string of the molecule is CCCCCCCCCCCCCCCCCCSC1=C(C)S/C(=C(/C)c2ccc3c(-c4c5ccccc5c(O)c5ccccc45)c4ccccc4c(O)c3c2)S1. The molecule has 6 aromatic carbocycles. The van der Waals surface area contributed by atoms with E-state index < -0.39 is 0 Å². The van der Waals surface area contributed by atoms with Gasteiger partial charge in [-0.3, -0.25) is 0 Å². The molecule has 2 nitrogen and oxygen atoms in total. The molecule has 2 N–H and O–H groups in total. The lowest BCUT2D eigenvalue weighted by Crippen LogP contribution is -1.92. The zero-order chi connectivity index (χ0) is 39.6. The largest absolute Gasteiger partial charge is 0.507 e. The molecule has 0 atom stereocenters. The first-order valence-corrected chi connectivity index (χ1v) is 24.3. The van der Waals surface area contributed by atoms with E-state index in [1.54, 1.807) is 0 Å². The van der Waals surface area contributed by atoms with Gasteiger partial charge in [0.05, 0.1) is 8.47 Å². The number of hydrogen-bond donors (Lipinski definition) is 2. The quantitative estimate of drug-likeness (QED) is 0.0594. The summed E-state index contributed by atoms with van der Waals surface area (Å²) in [6.07, 6.45) is 22.5. The summed E-state index contributed by atoms with van der Waals surface area (Å²) in [7, 11) is 0. The van der Waals surface area contributed by atoms with E-state index in [4.69, 9.17) is 0 Å². The van der Waals surface area contributed by atoms with E-state index in [0.29, 0.717) is 11.5 Å². The summed E-state index contributed by atoms with van der Waals surface area (Å²) in [5, 5.41) is 30.6. The lowest BCUT2D eigenvalue weighted by molar-refractivity contribution is 0.487. The van der Waals surface area contributed by atoms with E-state index in [2.05, 4.69) is 57.2 Å². The van der Waals surface area contributed by atoms with Crippen LogP contribution in [0.4, 0.5) is 0 Å². The van der Waals surface area contributed by atoms with Gasteiger partial charge in [0.25, 0.3) is 0 Å². The molecule has 0 aliphatic carbocycles. The third-order valence-electron chi connectivity index (χ3n) is 11.8. The van der Waals surface area contributed by atoms with Crippen molar-refractivity contribution in [3.63, 3.8) is 0 Å². The Bertz CT molecular complexity index is 2330. The highest BCUT2D eigenvalue weighted by molar-refractivity contribution is 8.35. The first kappa shape index (κ1) is 41.6. The Labute approximate surface area is 354 Å². The molecule has 0 radical (unpaired) electrons. The number of benzene rings is 6. The van der Waals surface area contributed by atoms with Gasteiger partial charge < -0.3 is 10.2 Å². The van der Waals surface area contributed by atoms with Gasteiger partial charge in [-0.25, -0.2) is 0 Å². The molecule has 0 unspecified atom stereocenters. The molecule has 298 valence electrons. The van der Waals surface area contributed by atoms with Crippen molar-refractivity contribution in [2.75, 3.05) is 5.75 Å². The Morgan fingerprint density at radius 3 is 1.37 bits per heavy atom. The molecule has 5 heteroatoms. The summed E-state index contributed by atoms with van der Waals surface area (Å²) in [6.45, 7) is 6.79. The van der Waals surface area contributed by atoms with E-state index in [-0.39, 0.29) is 0 Å². The zero-order valence-electron chi connectivity index (χ0n) is 34.3. The maximum Gasteiger partial charge on any atom is 0.131 e. The minimum atomic E-state index is 0.305. The minimum Gasteiger partial charge on any atom is -0.507 e. The average Bonchev–Trinajstić information content (AvgIpc) is 3.62. The van der Waals surface area contributed by atoms with Crippen LogP contribution in [0, 0.1) is 0 Å². The second kappa shape index (κ2) is 20.5. The van der Waals surface area contributed by atoms with Gasteiger partial charge in [-0.2, -0.15) is 0 Å². The van der Waals surface area contributed by atoms with Crippen molar-refractivity contribution >= 4 is 83.9 Å². The normalized spacial score (nSPS) is 14.2. The number of fused-ring (bicyclic) bond motifs is 4. The maximum absolute atomic E-state index is 11.9. The molecule has 0 saturated carbocycles. The number of phenols is 2. The molecule has 0 amide bonds. The van der Waals surface area contributed by atoms with Crippen molar-refractivity contribution in [1.29, 1.82) is 0 Å². The summed E-state index contributed by atoms with van der Waals surface area (Å²) < 4.78 is 2.77. The standard InChI is InChI=1S/C52H60O2S3/c1-4-5-6-7-8-9-10-11-12-13-14-15-16-17-18-25-34-55-52-37(3)56-51(57-52)36(2)38-32-33-42-46(35-38)50(54)45-31-24-21-28-41(45)48(42)47-39-26-19-22-29-43(39)49(53)44-30-23-20-27-40(44)47/h19-24,26-33,35,53-54H,4-18,25,34H2,1-3H3/b51-36+. The van der Waals surface area contributed by atoms with Crippen molar-refractivity contribution in [3.8, 4) is 22.6 Å². The molecule has 0 fully saturated rings. The molecule has 0 saturated heterocycles. The van der Waals surface area contributed by atoms with E-state index in [1.807, 2.05) is 89.9 Å². The first-order valence-electron chi connectivity index (χ1n) is 21.7. The lowest BCUT2D eigenvalue weighted by Gasteiger charge is -2.19. The predicted molar refractivity (Wildman–Crippen MR) is 258 cm³/mol. The van der Waals surface area contributed by atoms with Gasteiger partial charge in [-0.05, 0) is 75.9 Å². The molecule has 0 spiro atoms. The topological polar surface area (TPSA) is 40.5 Å². The number of aromatic hydroxyl groups is 2. The minimum absolute atomic E-state index is 0.305. The van der Waals surface area contributed by atoms with Gasteiger partial charge in [-0.1, -0.05) is 212 Å². The number of allylic oxidation sites excluding steroid dienone is 2. The third kappa shape index (κ3) is 9.69. The highest BCUT2D eigenvalue weighted by Crippen LogP contribution is 2.56. The molecule has 7 rings (SSSR count). The van der Waals surface area contributed by atoms with Crippen molar-refractivity contribution in [3.05, 3.63) is 110 Å². The van der Waals surface area contributed by atoms with Gasteiger partial charge in [-0.15, -0.1) is 11.8 Å². The van der Waals surface area contributed by atoms with Crippen LogP contribution in [-0.4, -0.2) is 16.0 Å². The van der Waals surface area contributed by atoms with Crippen LogP contribution in [-0.2, 0) is 0 Å². The van der Waals surface area contributed by atoms with Crippen molar-refractivity contribution in [2.24, 2.45) is 0 Å². The van der Waals surface area contributed by atoms with E-state index in [0.717, 1.165) is 59.8 Å². The van der Waals surface area contributed by atoms with Gasteiger partial charge in [0.15, 0.2) is 0 Å². The maximum atomic E-state index is 11.9. The molecule has 1 aliphatic rings. The Hall–Kier alpha value is -3.51. The van der Waals surface area contributed by atoms with Gasteiger partial charge in [0.2, 0.25) is 0 Å². The van der Waals surface area contributed by atoms with Crippen LogP contribution >= 0.6 is 35.3 Å². The summed E-state index contributed by atoms with van der Waals surface area (Å²) >= 11 is 5.86. The molecule has 1 heterocycles. The van der Waals surface area contributed by atoms with Crippen LogP contribution in [0.2, 0.25) is 0 Å². The lowest BCUT2D eigenvalue weighted by atomic mass is 9.85. The summed E-state index contributed by atoms with van der Waals surface area (Å²) in [4.78, 5) is 1.40. The Morgan fingerprint density at radius 2 is 0.895 bits per heavy atom. The monoisotopic (exact) mass is 812 g/mol. The molecule has 0 aromatic heterocycles. The van der Waals surface area contributed by atoms with Crippen LogP contribution in [0.15, 0.2) is 104 Å². The fraction of sp³-hybridized carbons (Fsp3) is 0.385. The van der Waals surface area contributed by atoms with Gasteiger partial charge in [0, 0.05) is 26.5 Å². The van der Waals surface area contributed by atoms with E-state index in [1.165, 1.54) is 127 Å². The number of unbranched alkanes of at least 4 members (excludes halogenated alkanes) is 15. The zero-order valence-corrected chi connectivity index (χ0v) is 36.7. The molecular formula is C52H60O2S3. The Kier molecular flexibility index (Phi) is 14.9. The van der Waals surface area contributed by atoms with Crippen molar-refractivity contribution in [2.45, 2.75) is 124 Å². The Morgan fingerprint density at radius 1 is 0.491 bits per heavy atom. The summed E-state index contributed by atoms with van der Waals surface area (Å²) in [5.41, 5.74) is 4.54. The highest BCUT2D eigenvalue weighted by atomic mass is 32.2. The molecule has 57 heavy (non-hydrogen) atoms. The number of rotatable bonds is 20. The molecule has 1 aliphatic heterocycles. The highest BCUT2D eigenvalue weighted by Gasteiger charge is 2.24. The smallest absolute Gasteiger partial charge is 0.131 e. The van der Waals surface area contributed by atoms with E-state index in [9.17, 15) is 10.2 Å². The number of phenolic OH excluding ortho intramolecular Hbond substituents is 2. The first-order chi connectivity index (χ1) is 28.0. The van der Waals surface area contributed by atoms with Gasteiger partial charge in [0.1, 0.15) is 11.5 Å². The number of thioether (sulfide) groups is 3. The number of hydrogen-bond acceptors (Lipinski definition) is 5. The second-order valence-electron chi connectivity index (χ2n) is 16.0. The summed E-state index contributed by atoms with van der Waals surface area (Å²) in [5.74, 6) is 1.80. The predicted octanol–water partition coefficient (Wildman–Crippen LogP) is 17.7. The fourth-order valence-electron chi connectivity index (χ4n) is 8.61. The molecular weight excluding hydrogens is 753 g/mol. The Balaban J connectivity index is 0.990. The van der Waals surface area contributed by atoms with Crippen LogP contribution in [0.5, 0.6) is 11.5 Å². The molecule has 6 aromatic rings.